The molecule has 1 unspecified atom stereocenters. The Morgan fingerprint density at radius 3 is 3.11 bits per heavy atom. The van der Waals surface area contributed by atoms with Crippen molar-refractivity contribution in [2.24, 2.45) is 0 Å². The topological polar surface area (TPSA) is 68.5 Å². The molecule has 1 saturated heterocycles. The van der Waals surface area contributed by atoms with Gasteiger partial charge in [-0.3, -0.25) is 4.79 Å². The smallest absolute Gasteiger partial charge is 0.234 e. The van der Waals surface area contributed by atoms with Gasteiger partial charge in [0, 0.05) is 19.5 Å². The highest BCUT2D eigenvalue weighted by Crippen LogP contribution is 2.18. The van der Waals surface area contributed by atoms with E-state index < -0.39 is 0 Å². The fourth-order valence-electron chi connectivity index (χ4n) is 1.94. The minimum atomic E-state index is -0.150. The molecule has 1 fully saturated rings. The van der Waals surface area contributed by atoms with Crippen LogP contribution in [0.3, 0.4) is 0 Å². The molecular weight excluding hydrogens is 234 g/mol. The van der Waals surface area contributed by atoms with Gasteiger partial charge in [0.05, 0.1) is 13.0 Å². The summed E-state index contributed by atoms with van der Waals surface area (Å²) in [6.45, 7) is 4.31. The summed E-state index contributed by atoms with van der Waals surface area (Å²) in [6.07, 6.45) is 1.47. The van der Waals surface area contributed by atoms with Gasteiger partial charge in [-0.05, 0) is 13.5 Å². The summed E-state index contributed by atoms with van der Waals surface area (Å²) in [7, 11) is 2.03. The van der Waals surface area contributed by atoms with Gasteiger partial charge in [0.1, 0.15) is 11.9 Å². The van der Waals surface area contributed by atoms with Gasteiger partial charge in [-0.25, -0.2) is 0 Å². The number of nitrogens with zero attached hydrogens (tertiary/aromatic N) is 3. The van der Waals surface area contributed by atoms with Crippen LogP contribution in [0.5, 0.6) is 0 Å². The van der Waals surface area contributed by atoms with Gasteiger partial charge < -0.3 is 14.2 Å². The molecule has 0 amide bonds. The Kier molecular flexibility index (Phi) is 4.43. The number of rotatable bonds is 5. The average molecular weight is 253 g/mol. The van der Waals surface area contributed by atoms with Crippen molar-refractivity contribution in [2.75, 3.05) is 26.7 Å². The number of likely N-dealkylation sites (N-methyl/N-ethyl adjacent to an activating group) is 1. The first-order chi connectivity index (χ1) is 8.69. The minimum absolute atomic E-state index is 0.134. The molecule has 0 bridgehead atoms. The van der Waals surface area contributed by atoms with Crippen molar-refractivity contribution in [2.45, 2.75) is 32.3 Å². The highest BCUT2D eigenvalue weighted by molar-refractivity contribution is 5.79. The van der Waals surface area contributed by atoms with Crippen LogP contribution in [0.4, 0.5) is 0 Å². The fourth-order valence-corrected chi connectivity index (χ4v) is 1.94. The average Bonchev–Trinajstić information content (AvgIpc) is 2.78. The molecular formula is C12H19N3O3. The lowest BCUT2D eigenvalue weighted by Gasteiger charge is -2.27. The van der Waals surface area contributed by atoms with Gasteiger partial charge >= 0.3 is 0 Å². The number of Topliss-reactive ketones (excluding diaryl/α,β-unsaturated/α-hetero) is 1. The molecule has 1 aliphatic rings. The Labute approximate surface area is 106 Å². The first-order valence-electron chi connectivity index (χ1n) is 6.33. The molecule has 1 aliphatic heterocycles. The maximum Gasteiger partial charge on any atom is 0.234 e. The summed E-state index contributed by atoms with van der Waals surface area (Å²) in [4.78, 5) is 17.9. The molecule has 100 valence electrons. The van der Waals surface area contributed by atoms with Crippen molar-refractivity contribution in [1.82, 2.24) is 15.0 Å². The summed E-state index contributed by atoms with van der Waals surface area (Å²) in [5, 5.41) is 3.90. The quantitative estimate of drug-likeness (QED) is 0.779. The molecule has 2 heterocycles. The number of hydrogen-bond donors (Lipinski definition) is 0. The van der Waals surface area contributed by atoms with Crippen molar-refractivity contribution in [1.29, 1.82) is 0 Å². The number of hydrogen-bond acceptors (Lipinski definition) is 6. The van der Waals surface area contributed by atoms with Crippen LogP contribution in [-0.2, 0) is 16.0 Å². The lowest BCUT2D eigenvalue weighted by atomic mass is 10.2. The van der Waals surface area contributed by atoms with Crippen molar-refractivity contribution in [3.8, 4) is 0 Å². The molecule has 6 nitrogen and oxygen atoms in total. The molecule has 18 heavy (non-hydrogen) atoms. The van der Waals surface area contributed by atoms with Gasteiger partial charge in [-0.2, -0.15) is 4.98 Å². The monoisotopic (exact) mass is 253 g/mol. The Morgan fingerprint density at radius 2 is 2.39 bits per heavy atom. The number of aromatic nitrogens is 2. The molecule has 0 saturated carbocycles. The van der Waals surface area contributed by atoms with Crippen LogP contribution < -0.4 is 0 Å². The van der Waals surface area contributed by atoms with E-state index in [-0.39, 0.29) is 18.3 Å². The third-order valence-electron chi connectivity index (χ3n) is 2.92. The Bertz CT molecular complexity index is 405. The zero-order valence-corrected chi connectivity index (χ0v) is 10.9. The summed E-state index contributed by atoms with van der Waals surface area (Å²) in [5.74, 6) is 1.07. The second-order valence-corrected chi connectivity index (χ2v) is 4.63. The molecule has 0 aliphatic carbocycles. The predicted molar refractivity (Wildman–Crippen MR) is 64.1 cm³/mol. The highest BCUT2D eigenvalue weighted by atomic mass is 16.5. The number of carbonyl (C=O) groups is 1. The van der Waals surface area contributed by atoms with Crippen molar-refractivity contribution in [3.05, 3.63) is 11.7 Å². The van der Waals surface area contributed by atoms with E-state index in [2.05, 4.69) is 15.0 Å². The largest absolute Gasteiger partial charge is 0.367 e. The summed E-state index contributed by atoms with van der Waals surface area (Å²) in [6, 6.07) is 0. The van der Waals surface area contributed by atoms with Crippen LogP contribution in [0.15, 0.2) is 4.52 Å². The van der Waals surface area contributed by atoms with Crippen molar-refractivity contribution in [3.63, 3.8) is 0 Å². The SMILES string of the molecule is CCCC(=O)Cc1nc(C2CN(C)CCO2)no1. The van der Waals surface area contributed by atoms with Crippen LogP contribution in [-0.4, -0.2) is 47.6 Å². The van der Waals surface area contributed by atoms with Crippen LogP contribution in [0.25, 0.3) is 0 Å². The number of carbonyl (C=O) groups excluding carboxylic acids is 1. The molecule has 1 atom stereocenters. The first kappa shape index (κ1) is 13.2. The third kappa shape index (κ3) is 3.36. The zero-order chi connectivity index (χ0) is 13.0. The molecule has 6 heteroatoms. The van der Waals surface area contributed by atoms with Crippen LogP contribution in [0.1, 0.15) is 37.6 Å². The molecule has 1 aromatic rings. The minimum Gasteiger partial charge on any atom is -0.367 e. The van der Waals surface area contributed by atoms with E-state index in [4.69, 9.17) is 9.26 Å². The van der Waals surface area contributed by atoms with Gasteiger partial charge in [-0.15, -0.1) is 0 Å². The highest BCUT2D eigenvalue weighted by Gasteiger charge is 2.24. The van der Waals surface area contributed by atoms with Crippen molar-refractivity contribution >= 4 is 5.78 Å². The first-order valence-corrected chi connectivity index (χ1v) is 6.33. The Morgan fingerprint density at radius 1 is 1.56 bits per heavy atom. The van der Waals surface area contributed by atoms with Crippen molar-refractivity contribution < 1.29 is 14.1 Å². The molecule has 0 radical (unpaired) electrons. The third-order valence-corrected chi connectivity index (χ3v) is 2.92. The summed E-state index contributed by atoms with van der Waals surface area (Å²) >= 11 is 0. The van der Waals surface area contributed by atoms with Crippen LogP contribution >= 0.6 is 0 Å². The van der Waals surface area contributed by atoms with E-state index in [0.29, 0.717) is 24.7 Å². The molecule has 0 spiro atoms. The second kappa shape index (κ2) is 6.06. The van der Waals surface area contributed by atoms with E-state index in [1.807, 2.05) is 14.0 Å². The molecule has 2 rings (SSSR count). The van der Waals surface area contributed by atoms with E-state index in [0.717, 1.165) is 19.5 Å². The maximum absolute atomic E-state index is 11.5. The van der Waals surface area contributed by atoms with Gasteiger partial charge in [-0.1, -0.05) is 12.1 Å². The normalized spacial score (nSPS) is 21.1. The fraction of sp³-hybridized carbons (Fsp3) is 0.750. The molecule has 1 aromatic heterocycles. The molecule has 0 N–H and O–H groups in total. The van der Waals surface area contributed by atoms with Crippen LogP contribution in [0.2, 0.25) is 0 Å². The summed E-state index contributed by atoms with van der Waals surface area (Å²) < 4.78 is 10.7. The molecule has 0 aromatic carbocycles. The van der Waals surface area contributed by atoms with Gasteiger partial charge in [0.25, 0.3) is 0 Å². The second-order valence-electron chi connectivity index (χ2n) is 4.63. The number of morpholine rings is 1. The van der Waals surface area contributed by atoms with Gasteiger partial charge in [0.2, 0.25) is 11.7 Å². The number of ketones is 1. The maximum atomic E-state index is 11.5. The van der Waals surface area contributed by atoms with E-state index in [1.54, 1.807) is 0 Å². The Balaban J connectivity index is 1.95. The van der Waals surface area contributed by atoms with Gasteiger partial charge in [0.15, 0.2) is 0 Å². The predicted octanol–water partition coefficient (Wildman–Crippen LogP) is 0.984. The Hall–Kier alpha value is -1.27. The van der Waals surface area contributed by atoms with E-state index in [1.165, 1.54) is 0 Å². The number of ether oxygens (including phenoxy) is 1. The lowest BCUT2D eigenvalue weighted by molar-refractivity contribution is -0.118. The standard InChI is InChI=1S/C12H19N3O3/c1-3-4-9(16)7-11-13-12(14-18-11)10-8-15(2)5-6-17-10/h10H,3-8H2,1-2H3. The van der Waals surface area contributed by atoms with E-state index >= 15 is 0 Å². The van der Waals surface area contributed by atoms with Crippen LogP contribution in [0, 0.1) is 0 Å². The van der Waals surface area contributed by atoms with E-state index in [9.17, 15) is 4.79 Å². The lowest BCUT2D eigenvalue weighted by Crippen LogP contribution is -2.35. The summed E-state index contributed by atoms with van der Waals surface area (Å²) in [5.41, 5.74) is 0. The zero-order valence-electron chi connectivity index (χ0n) is 10.9.